The highest BCUT2D eigenvalue weighted by atomic mass is 16.3. The first-order valence-electron chi connectivity index (χ1n) is 10.2. The predicted octanol–water partition coefficient (Wildman–Crippen LogP) is 5.19. The number of carbonyl (C=O) groups is 1. The molecule has 1 saturated heterocycles. The number of fused-ring (bicyclic) bond motifs is 2. The maximum absolute atomic E-state index is 13.5. The van der Waals surface area contributed by atoms with Gasteiger partial charge in [-0.1, -0.05) is 25.1 Å². The largest absolute Gasteiger partial charge is 0.465 e. The van der Waals surface area contributed by atoms with E-state index in [1.165, 1.54) is 0 Å². The molecule has 0 saturated carbocycles. The van der Waals surface area contributed by atoms with Gasteiger partial charge in [0, 0.05) is 18.5 Å². The Balaban J connectivity index is 1.74. The summed E-state index contributed by atoms with van der Waals surface area (Å²) in [6.45, 7) is 3.96. The Morgan fingerprint density at radius 2 is 1.96 bits per heavy atom. The van der Waals surface area contributed by atoms with Crippen LogP contribution in [0, 0.1) is 5.92 Å². The summed E-state index contributed by atoms with van der Waals surface area (Å²) in [5.41, 5.74) is 4.98. The lowest BCUT2D eigenvalue weighted by Crippen LogP contribution is -2.30. The number of hydrogen-bond acceptors (Lipinski definition) is 3. The van der Waals surface area contributed by atoms with Crippen molar-refractivity contribution in [3.05, 3.63) is 65.2 Å². The summed E-state index contributed by atoms with van der Waals surface area (Å²) in [5, 5.41) is 0.976. The summed E-state index contributed by atoms with van der Waals surface area (Å²) in [4.78, 5) is 20.5. The van der Waals surface area contributed by atoms with Crippen molar-refractivity contribution in [2.24, 2.45) is 5.92 Å². The molecule has 2 aromatic heterocycles. The highest BCUT2D eigenvalue weighted by Crippen LogP contribution is 2.39. The Bertz CT molecular complexity index is 1060. The van der Waals surface area contributed by atoms with Crippen LogP contribution in [0.25, 0.3) is 22.6 Å². The van der Waals surface area contributed by atoms with E-state index < -0.39 is 0 Å². The Morgan fingerprint density at radius 1 is 1.14 bits per heavy atom. The number of nitrogens with zero attached hydrogens (tertiary/aromatic N) is 2. The molecule has 0 spiro atoms. The molecule has 0 N–H and O–H groups in total. The van der Waals surface area contributed by atoms with Crippen molar-refractivity contribution in [3.63, 3.8) is 0 Å². The molecule has 1 amide bonds. The molecule has 1 aromatic carbocycles. The lowest BCUT2D eigenvalue weighted by molar-refractivity contribution is 0.0793. The van der Waals surface area contributed by atoms with Crippen molar-refractivity contribution < 1.29 is 9.21 Å². The number of carbonyl (C=O) groups excluding carboxylic acids is 1. The number of aromatic nitrogens is 1. The van der Waals surface area contributed by atoms with Crippen LogP contribution in [0.15, 0.2) is 47.1 Å². The fourth-order valence-electron chi connectivity index (χ4n) is 4.60. The molecule has 0 radical (unpaired) electrons. The van der Waals surface area contributed by atoms with E-state index in [4.69, 9.17) is 9.40 Å². The number of pyridine rings is 1. The van der Waals surface area contributed by atoms with Gasteiger partial charge in [0.15, 0.2) is 0 Å². The van der Waals surface area contributed by atoms with E-state index in [-0.39, 0.29) is 5.91 Å². The van der Waals surface area contributed by atoms with Gasteiger partial charge in [-0.15, -0.1) is 0 Å². The summed E-state index contributed by atoms with van der Waals surface area (Å²) in [6.07, 6.45) is 7.79. The van der Waals surface area contributed by atoms with E-state index in [1.807, 2.05) is 41.3 Å². The number of hydrogen-bond donors (Lipinski definition) is 0. The molecule has 5 rings (SSSR count). The third-order valence-electron chi connectivity index (χ3n) is 5.89. The third kappa shape index (κ3) is 2.93. The number of amides is 1. The van der Waals surface area contributed by atoms with Crippen molar-refractivity contribution in [1.29, 1.82) is 0 Å². The van der Waals surface area contributed by atoms with Crippen LogP contribution in [0.4, 0.5) is 0 Å². The van der Waals surface area contributed by atoms with Crippen LogP contribution < -0.4 is 0 Å². The smallest absolute Gasteiger partial charge is 0.254 e. The van der Waals surface area contributed by atoms with Gasteiger partial charge in [0.05, 0.1) is 23.0 Å². The normalized spacial score (nSPS) is 20.7. The van der Waals surface area contributed by atoms with Gasteiger partial charge in [-0.3, -0.25) is 4.79 Å². The topological polar surface area (TPSA) is 46.3 Å². The molecule has 1 fully saturated rings. The summed E-state index contributed by atoms with van der Waals surface area (Å²) < 4.78 is 5.55. The van der Waals surface area contributed by atoms with E-state index >= 15 is 0 Å². The summed E-state index contributed by atoms with van der Waals surface area (Å²) in [7, 11) is 0. The molecular weight excluding hydrogens is 348 g/mol. The minimum Gasteiger partial charge on any atom is -0.465 e. The minimum atomic E-state index is 0.166. The molecule has 4 heteroatoms. The Labute approximate surface area is 164 Å². The fourth-order valence-corrected chi connectivity index (χ4v) is 4.60. The number of allylic oxidation sites excluding steroid dienone is 1. The Kier molecular flexibility index (Phi) is 4.27. The van der Waals surface area contributed by atoms with Crippen molar-refractivity contribution >= 4 is 28.5 Å². The van der Waals surface area contributed by atoms with Gasteiger partial charge in [-0.2, -0.15) is 0 Å². The SMILES string of the molecule is CC1C/C(=C\c2ccco2)c2nc3ccccc3c(C(=O)N3CCCC3)c2C1. The third-order valence-corrected chi connectivity index (χ3v) is 5.89. The van der Waals surface area contributed by atoms with Crippen molar-refractivity contribution in [3.8, 4) is 0 Å². The van der Waals surface area contributed by atoms with Crippen molar-refractivity contribution in [2.75, 3.05) is 13.1 Å². The quantitative estimate of drug-likeness (QED) is 0.622. The monoisotopic (exact) mass is 372 g/mol. The summed E-state index contributed by atoms with van der Waals surface area (Å²) in [5.74, 6) is 1.46. The van der Waals surface area contributed by atoms with Crippen LogP contribution >= 0.6 is 0 Å². The maximum atomic E-state index is 13.5. The van der Waals surface area contributed by atoms with Crippen LogP contribution in [0.3, 0.4) is 0 Å². The zero-order chi connectivity index (χ0) is 19.1. The molecule has 1 unspecified atom stereocenters. The number of furan rings is 1. The molecule has 3 aromatic rings. The van der Waals surface area contributed by atoms with Gasteiger partial charge in [0.25, 0.3) is 5.91 Å². The van der Waals surface area contributed by atoms with Crippen LogP contribution in [0.1, 0.15) is 53.6 Å². The van der Waals surface area contributed by atoms with Crippen molar-refractivity contribution in [1.82, 2.24) is 9.88 Å². The van der Waals surface area contributed by atoms with Gasteiger partial charge in [0.1, 0.15) is 5.76 Å². The van der Waals surface area contributed by atoms with Crippen LogP contribution in [-0.4, -0.2) is 28.9 Å². The zero-order valence-corrected chi connectivity index (χ0v) is 16.1. The number of benzene rings is 1. The van der Waals surface area contributed by atoms with E-state index in [2.05, 4.69) is 13.0 Å². The van der Waals surface area contributed by atoms with E-state index in [1.54, 1.807) is 6.26 Å². The lowest BCUT2D eigenvalue weighted by Gasteiger charge is -2.28. The standard InChI is InChI=1S/C24H24N2O2/c1-16-13-17(15-18-7-6-12-28-18)23-20(14-16)22(24(27)26-10-4-5-11-26)19-8-2-3-9-21(19)25-23/h2-3,6-9,12,15-16H,4-5,10-11,13-14H2,1H3/b17-15+. The van der Waals surface area contributed by atoms with Gasteiger partial charge in [-0.25, -0.2) is 4.98 Å². The molecule has 3 heterocycles. The van der Waals surface area contributed by atoms with Gasteiger partial charge >= 0.3 is 0 Å². The molecule has 1 atom stereocenters. The van der Waals surface area contributed by atoms with Crippen LogP contribution in [-0.2, 0) is 6.42 Å². The maximum Gasteiger partial charge on any atom is 0.254 e. The zero-order valence-electron chi connectivity index (χ0n) is 16.1. The first kappa shape index (κ1) is 17.2. The first-order chi connectivity index (χ1) is 13.7. The number of rotatable bonds is 2. The number of likely N-dealkylation sites (tertiary alicyclic amines) is 1. The van der Waals surface area contributed by atoms with Crippen molar-refractivity contribution in [2.45, 2.75) is 32.6 Å². The average molecular weight is 372 g/mol. The number of para-hydroxylation sites is 1. The second-order valence-corrected chi connectivity index (χ2v) is 8.03. The van der Waals surface area contributed by atoms with E-state index in [0.717, 1.165) is 77.8 Å². The lowest BCUT2D eigenvalue weighted by atomic mass is 9.80. The Hall–Kier alpha value is -2.88. The second-order valence-electron chi connectivity index (χ2n) is 8.03. The predicted molar refractivity (Wildman–Crippen MR) is 111 cm³/mol. The molecule has 4 nitrogen and oxygen atoms in total. The molecule has 28 heavy (non-hydrogen) atoms. The van der Waals surface area contributed by atoms with E-state index in [9.17, 15) is 4.79 Å². The molecule has 2 aliphatic rings. The molecule has 142 valence electrons. The summed E-state index contributed by atoms with van der Waals surface area (Å²) in [6, 6.07) is 11.9. The van der Waals surface area contributed by atoms with E-state index in [0.29, 0.717) is 5.92 Å². The fraction of sp³-hybridized carbons (Fsp3) is 0.333. The molecule has 1 aliphatic heterocycles. The molecular formula is C24H24N2O2. The summed E-state index contributed by atoms with van der Waals surface area (Å²) >= 11 is 0. The first-order valence-corrected chi connectivity index (χ1v) is 10.2. The Morgan fingerprint density at radius 3 is 2.75 bits per heavy atom. The van der Waals surface area contributed by atoms with Gasteiger partial charge in [0.2, 0.25) is 0 Å². The highest BCUT2D eigenvalue weighted by Gasteiger charge is 2.30. The van der Waals surface area contributed by atoms with Gasteiger partial charge in [-0.05, 0) is 67.0 Å². The molecule has 0 bridgehead atoms. The average Bonchev–Trinajstić information content (AvgIpc) is 3.40. The molecule has 1 aliphatic carbocycles. The highest BCUT2D eigenvalue weighted by molar-refractivity contribution is 6.09. The van der Waals surface area contributed by atoms with Gasteiger partial charge < -0.3 is 9.32 Å². The second kappa shape index (κ2) is 6.93. The van der Waals surface area contributed by atoms with Crippen LogP contribution in [0.5, 0.6) is 0 Å². The minimum absolute atomic E-state index is 0.166. The van der Waals surface area contributed by atoms with Crippen LogP contribution in [0.2, 0.25) is 0 Å².